The van der Waals surface area contributed by atoms with Crippen LogP contribution < -0.4 is 4.74 Å². The molecule has 0 N–H and O–H groups in total. The van der Waals surface area contributed by atoms with Crippen LogP contribution in [0.2, 0.25) is 0 Å². The van der Waals surface area contributed by atoms with Gasteiger partial charge in [0.25, 0.3) is 0 Å². The van der Waals surface area contributed by atoms with Crippen LogP contribution in [0.1, 0.15) is 0 Å². The molecule has 0 fully saturated rings. The Bertz CT molecular complexity index is 265. The van der Waals surface area contributed by atoms with E-state index in [1.54, 1.807) is 6.07 Å². The molecule has 0 atom stereocenters. The van der Waals surface area contributed by atoms with E-state index in [-0.39, 0.29) is 5.82 Å². The fraction of sp³-hybridized carbons (Fsp3) is 0.250. The van der Waals surface area contributed by atoms with Gasteiger partial charge in [-0.2, -0.15) is 0 Å². The second kappa shape index (κ2) is 4.82. The lowest BCUT2D eigenvalue weighted by Gasteiger charge is -2.05. The smallest absolute Gasteiger partial charge is 0.136 e. The molecule has 0 radical (unpaired) electrons. The van der Waals surface area contributed by atoms with Crippen molar-refractivity contribution in [3.63, 3.8) is 0 Å². The zero-order valence-electron chi connectivity index (χ0n) is 6.19. The van der Waals surface area contributed by atoms with Crippen molar-refractivity contribution in [2.45, 2.75) is 0 Å². The van der Waals surface area contributed by atoms with Crippen molar-refractivity contribution in [1.82, 2.24) is 0 Å². The van der Waals surface area contributed by atoms with E-state index in [4.69, 9.17) is 4.74 Å². The summed E-state index contributed by atoms with van der Waals surface area (Å²) in [7, 11) is 0. The number of benzene rings is 1. The summed E-state index contributed by atoms with van der Waals surface area (Å²) in [4.78, 5) is 0. The fourth-order valence-corrected chi connectivity index (χ4v) is 1.26. The van der Waals surface area contributed by atoms with Gasteiger partial charge >= 0.3 is 0 Å². The molecule has 1 nitrogen and oxygen atoms in total. The van der Waals surface area contributed by atoms with Crippen LogP contribution >= 0.6 is 31.9 Å². The van der Waals surface area contributed by atoms with Crippen molar-refractivity contribution < 1.29 is 9.13 Å². The van der Waals surface area contributed by atoms with Crippen LogP contribution in [0.25, 0.3) is 0 Å². The lowest BCUT2D eigenvalue weighted by atomic mass is 10.3. The van der Waals surface area contributed by atoms with E-state index >= 15 is 0 Å². The Balaban J connectivity index is 2.75. The molecular weight excluding hydrogens is 291 g/mol. The van der Waals surface area contributed by atoms with Crippen LogP contribution in [0.4, 0.5) is 4.39 Å². The van der Waals surface area contributed by atoms with Crippen LogP contribution in [0.15, 0.2) is 22.7 Å². The van der Waals surface area contributed by atoms with Crippen LogP contribution in [-0.2, 0) is 0 Å². The molecule has 1 aromatic carbocycles. The molecule has 12 heavy (non-hydrogen) atoms. The summed E-state index contributed by atoms with van der Waals surface area (Å²) in [5.74, 6) is 0.247. The predicted octanol–water partition coefficient (Wildman–Crippen LogP) is 3.36. The van der Waals surface area contributed by atoms with Gasteiger partial charge in [-0.25, -0.2) is 4.39 Å². The van der Waals surface area contributed by atoms with Gasteiger partial charge < -0.3 is 4.74 Å². The summed E-state index contributed by atoms with van der Waals surface area (Å²) in [6.45, 7) is 0.530. The van der Waals surface area contributed by atoms with E-state index in [1.807, 2.05) is 0 Å². The predicted molar refractivity (Wildman–Crippen MR) is 53.4 cm³/mol. The first kappa shape index (κ1) is 9.99. The number of ether oxygens (including phenoxy) is 1. The van der Waals surface area contributed by atoms with Gasteiger partial charge in [0.15, 0.2) is 0 Å². The van der Waals surface area contributed by atoms with Crippen LogP contribution in [0.5, 0.6) is 5.75 Å². The van der Waals surface area contributed by atoms with Crippen LogP contribution in [0.3, 0.4) is 0 Å². The first-order chi connectivity index (χ1) is 5.74. The van der Waals surface area contributed by atoms with Crippen LogP contribution in [-0.4, -0.2) is 11.9 Å². The summed E-state index contributed by atoms with van der Waals surface area (Å²) in [5, 5.41) is 0.732. The highest BCUT2D eigenvalue weighted by Gasteiger charge is 2.01. The molecule has 0 saturated carbocycles. The summed E-state index contributed by atoms with van der Waals surface area (Å²) in [6, 6.07) is 4.36. The maximum atomic E-state index is 12.7. The topological polar surface area (TPSA) is 9.23 Å². The van der Waals surface area contributed by atoms with E-state index < -0.39 is 0 Å². The third-order valence-electron chi connectivity index (χ3n) is 1.23. The van der Waals surface area contributed by atoms with Crippen LogP contribution in [0, 0.1) is 5.82 Å². The lowest BCUT2D eigenvalue weighted by Crippen LogP contribution is -1.98. The average molecular weight is 298 g/mol. The highest BCUT2D eigenvalue weighted by molar-refractivity contribution is 9.10. The molecule has 1 aromatic rings. The number of hydrogen-bond donors (Lipinski definition) is 0. The van der Waals surface area contributed by atoms with Crippen molar-refractivity contribution >= 4 is 31.9 Å². The Labute approximate surface area is 87.2 Å². The molecule has 0 amide bonds. The molecule has 1 rings (SSSR count). The molecule has 0 aromatic heterocycles. The first-order valence-electron chi connectivity index (χ1n) is 3.38. The van der Waals surface area contributed by atoms with Gasteiger partial charge in [0.1, 0.15) is 11.6 Å². The van der Waals surface area contributed by atoms with E-state index in [9.17, 15) is 4.39 Å². The van der Waals surface area contributed by atoms with E-state index in [0.29, 0.717) is 12.4 Å². The second-order valence-electron chi connectivity index (χ2n) is 2.11. The normalized spacial score (nSPS) is 9.92. The SMILES string of the molecule is Fc1ccc(Br)c(OCCBr)c1. The molecular formula is C8H7Br2FO. The standard InChI is InChI=1S/C8H7Br2FO/c9-3-4-12-8-5-6(11)1-2-7(8)10/h1-2,5H,3-4H2. The van der Waals surface area contributed by atoms with Gasteiger partial charge in [0, 0.05) is 11.4 Å². The zero-order chi connectivity index (χ0) is 8.97. The highest BCUT2D eigenvalue weighted by Crippen LogP contribution is 2.25. The second-order valence-corrected chi connectivity index (χ2v) is 3.76. The molecule has 4 heteroatoms. The molecule has 0 saturated heterocycles. The Morgan fingerprint density at radius 3 is 2.83 bits per heavy atom. The molecule has 0 aliphatic rings. The van der Waals surface area contributed by atoms with Crippen molar-refractivity contribution in [2.24, 2.45) is 0 Å². The largest absolute Gasteiger partial charge is 0.491 e. The van der Waals surface area contributed by atoms with Gasteiger partial charge in [0.2, 0.25) is 0 Å². The van der Waals surface area contributed by atoms with Gasteiger partial charge in [-0.05, 0) is 28.1 Å². The Morgan fingerprint density at radius 1 is 1.42 bits per heavy atom. The fourth-order valence-electron chi connectivity index (χ4n) is 0.736. The molecule has 0 spiro atoms. The Hall–Kier alpha value is -0.0900. The van der Waals surface area contributed by atoms with Gasteiger partial charge in [-0.3, -0.25) is 0 Å². The quantitative estimate of drug-likeness (QED) is 0.778. The number of halogens is 3. The van der Waals surface area contributed by atoms with Crippen molar-refractivity contribution in [1.29, 1.82) is 0 Å². The zero-order valence-corrected chi connectivity index (χ0v) is 9.36. The molecule has 0 bridgehead atoms. The maximum absolute atomic E-state index is 12.7. The van der Waals surface area contributed by atoms with E-state index in [1.165, 1.54) is 12.1 Å². The van der Waals surface area contributed by atoms with E-state index in [0.717, 1.165) is 9.80 Å². The minimum absolute atomic E-state index is 0.289. The summed E-state index contributed by atoms with van der Waals surface area (Å²) in [5.41, 5.74) is 0. The number of hydrogen-bond acceptors (Lipinski definition) is 1. The van der Waals surface area contributed by atoms with E-state index in [2.05, 4.69) is 31.9 Å². The Kier molecular flexibility index (Phi) is 4.01. The van der Waals surface area contributed by atoms with Crippen molar-refractivity contribution in [3.05, 3.63) is 28.5 Å². The molecule has 0 aliphatic carbocycles. The molecule has 0 heterocycles. The third-order valence-corrected chi connectivity index (χ3v) is 2.21. The summed E-state index contributed by atoms with van der Waals surface area (Å²) < 4.78 is 18.7. The molecule has 0 unspecified atom stereocenters. The number of alkyl halides is 1. The minimum Gasteiger partial charge on any atom is -0.491 e. The summed E-state index contributed by atoms with van der Waals surface area (Å²) >= 11 is 6.47. The van der Waals surface area contributed by atoms with Gasteiger partial charge in [0.05, 0.1) is 11.1 Å². The van der Waals surface area contributed by atoms with Gasteiger partial charge in [-0.1, -0.05) is 15.9 Å². The number of rotatable bonds is 3. The lowest BCUT2D eigenvalue weighted by molar-refractivity contribution is 0.341. The molecule has 66 valence electrons. The third kappa shape index (κ3) is 2.75. The minimum atomic E-state index is -0.289. The maximum Gasteiger partial charge on any atom is 0.136 e. The first-order valence-corrected chi connectivity index (χ1v) is 5.29. The molecule has 0 aliphatic heterocycles. The summed E-state index contributed by atoms with van der Waals surface area (Å²) in [6.07, 6.45) is 0. The highest BCUT2D eigenvalue weighted by atomic mass is 79.9. The van der Waals surface area contributed by atoms with Crippen molar-refractivity contribution in [3.8, 4) is 5.75 Å². The van der Waals surface area contributed by atoms with Crippen molar-refractivity contribution in [2.75, 3.05) is 11.9 Å². The monoisotopic (exact) mass is 296 g/mol. The van der Waals surface area contributed by atoms with Gasteiger partial charge in [-0.15, -0.1) is 0 Å². The average Bonchev–Trinajstić information content (AvgIpc) is 2.07. The Morgan fingerprint density at radius 2 is 2.17 bits per heavy atom.